The molecule has 0 spiro atoms. The maximum atomic E-state index is 13.2. The molecule has 1 amide bonds. The fourth-order valence-corrected chi connectivity index (χ4v) is 8.09. The van der Waals surface area contributed by atoms with Crippen LogP contribution in [0.3, 0.4) is 0 Å². The van der Waals surface area contributed by atoms with E-state index in [1.165, 1.54) is 128 Å². The molecule has 0 rings (SSSR count). The zero-order chi connectivity index (χ0) is 45.2. The van der Waals surface area contributed by atoms with Crippen molar-refractivity contribution < 1.29 is 24.5 Å². The number of aliphatic hydroxyl groups is 2. The van der Waals surface area contributed by atoms with Gasteiger partial charge < -0.3 is 20.3 Å². The van der Waals surface area contributed by atoms with Crippen LogP contribution in [0, 0.1) is 0 Å². The first-order chi connectivity index (χ1) is 30.5. The molecular weight excluding hydrogens is 767 g/mol. The predicted molar refractivity (Wildman–Crippen MR) is 269 cm³/mol. The van der Waals surface area contributed by atoms with Crippen molar-refractivity contribution in [1.82, 2.24) is 5.32 Å². The number of allylic oxidation sites excluding steroid dienone is 8. The number of hydrogen-bond donors (Lipinski definition) is 3. The Hall–Kier alpha value is -2.18. The number of carbonyl (C=O) groups excluding carboxylic acids is 2. The molecule has 0 bridgehead atoms. The number of aliphatic hydroxyl groups excluding tert-OH is 2. The van der Waals surface area contributed by atoms with Gasteiger partial charge in [-0.15, -0.1) is 0 Å². The lowest BCUT2D eigenvalue weighted by Crippen LogP contribution is -2.46. The molecule has 0 aromatic rings. The van der Waals surface area contributed by atoms with Crippen molar-refractivity contribution in [2.45, 2.75) is 289 Å². The second-order valence-electron chi connectivity index (χ2n) is 18.2. The summed E-state index contributed by atoms with van der Waals surface area (Å²) in [7, 11) is 0. The molecule has 0 aliphatic carbocycles. The van der Waals surface area contributed by atoms with Gasteiger partial charge in [-0.1, -0.05) is 223 Å². The first-order valence-electron chi connectivity index (χ1n) is 26.9. The number of unbranched alkanes of at least 4 members (excludes halogenated alkanes) is 28. The van der Waals surface area contributed by atoms with Crippen LogP contribution in [0.2, 0.25) is 0 Å². The van der Waals surface area contributed by atoms with Gasteiger partial charge in [0, 0.05) is 6.42 Å². The summed E-state index contributed by atoms with van der Waals surface area (Å²) in [5.41, 5.74) is 0. The lowest BCUT2D eigenvalue weighted by molar-refractivity contribution is -0.151. The smallest absolute Gasteiger partial charge is 0.306 e. The van der Waals surface area contributed by atoms with E-state index in [2.05, 4.69) is 74.7 Å². The minimum absolute atomic E-state index is 0.0588. The van der Waals surface area contributed by atoms with Gasteiger partial charge in [0.25, 0.3) is 0 Å². The third kappa shape index (κ3) is 44.4. The summed E-state index contributed by atoms with van der Waals surface area (Å²) in [6.45, 7) is 6.38. The van der Waals surface area contributed by atoms with E-state index in [0.29, 0.717) is 19.3 Å². The standard InChI is InChI=1S/C56H103NO5/c1-4-7-10-13-16-19-22-25-27-28-30-32-35-38-41-44-47-52(62-56(61)49-46-43-40-37-34-31-26-23-20-17-14-11-8-5-2)50-55(60)57-53(51-58)54(59)48-45-42-39-36-33-29-24-21-18-15-12-9-6-3/h8,11,17,20,26,30-32,52-54,58-59H,4-7,9-10,12-16,18-19,21-25,27-29,33-51H2,1-3H3,(H,57,60)/b11-8+,20-17+,31-26+,32-30+. The van der Waals surface area contributed by atoms with E-state index in [0.717, 1.165) is 96.3 Å². The molecule has 0 heterocycles. The van der Waals surface area contributed by atoms with Crippen LogP contribution in [-0.2, 0) is 14.3 Å². The van der Waals surface area contributed by atoms with Crippen LogP contribution < -0.4 is 5.32 Å². The van der Waals surface area contributed by atoms with E-state index in [-0.39, 0.29) is 24.9 Å². The Morgan fingerprint density at radius 1 is 0.484 bits per heavy atom. The lowest BCUT2D eigenvalue weighted by Gasteiger charge is -2.24. The van der Waals surface area contributed by atoms with Gasteiger partial charge in [-0.2, -0.15) is 0 Å². The van der Waals surface area contributed by atoms with Crippen molar-refractivity contribution >= 4 is 11.9 Å². The SMILES string of the molecule is CC/C=C/C/C=C/C/C=C/CCCCCCC(=O)OC(CCCCC/C=C/CCCCCCCCCCC)CC(=O)NC(CO)C(O)CCCCCCCCCCCCCCC. The molecule has 62 heavy (non-hydrogen) atoms. The summed E-state index contributed by atoms with van der Waals surface area (Å²) in [6, 6.07) is -0.710. The Bertz CT molecular complexity index is 1070. The highest BCUT2D eigenvalue weighted by atomic mass is 16.5. The van der Waals surface area contributed by atoms with Crippen LogP contribution in [0.5, 0.6) is 0 Å². The second kappa shape index (κ2) is 49.8. The van der Waals surface area contributed by atoms with Gasteiger partial charge in [0.05, 0.1) is 25.2 Å². The van der Waals surface area contributed by atoms with Crippen LogP contribution >= 0.6 is 0 Å². The molecule has 0 saturated carbocycles. The quantitative estimate of drug-likeness (QED) is 0.0322. The zero-order valence-electron chi connectivity index (χ0n) is 41.3. The first kappa shape index (κ1) is 59.8. The molecule has 362 valence electrons. The molecule has 0 aromatic carbocycles. The molecule has 3 N–H and O–H groups in total. The summed E-state index contributed by atoms with van der Waals surface area (Å²) < 4.78 is 5.93. The van der Waals surface area contributed by atoms with Gasteiger partial charge in [0.1, 0.15) is 6.10 Å². The summed E-state index contributed by atoms with van der Waals surface area (Å²) in [5.74, 6) is -0.508. The Kier molecular flexibility index (Phi) is 48.1. The van der Waals surface area contributed by atoms with Crippen LogP contribution in [0.15, 0.2) is 48.6 Å². The molecular formula is C56H103NO5. The molecule has 6 nitrogen and oxygen atoms in total. The number of amides is 1. The number of nitrogens with one attached hydrogen (secondary N) is 1. The van der Waals surface area contributed by atoms with E-state index >= 15 is 0 Å². The molecule has 0 aliphatic rings. The Morgan fingerprint density at radius 3 is 1.35 bits per heavy atom. The topological polar surface area (TPSA) is 95.9 Å². The monoisotopic (exact) mass is 870 g/mol. The van der Waals surface area contributed by atoms with Gasteiger partial charge >= 0.3 is 5.97 Å². The van der Waals surface area contributed by atoms with E-state index in [1.54, 1.807) is 0 Å². The van der Waals surface area contributed by atoms with Crippen LogP contribution in [0.25, 0.3) is 0 Å². The van der Waals surface area contributed by atoms with Crippen molar-refractivity contribution in [2.24, 2.45) is 0 Å². The van der Waals surface area contributed by atoms with E-state index < -0.39 is 18.2 Å². The van der Waals surface area contributed by atoms with Gasteiger partial charge in [-0.3, -0.25) is 9.59 Å². The Balaban J connectivity index is 4.62. The predicted octanol–water partition coefficient (Wildman–Crippen LogP) is 16.2. The summed E-state index contributed by atoms with van der Waals surface area (Å²) in [6.07, 6.45) is 60.3. The van der Waals surface area contributed by atoms with Crippen LogP contribution in [-0.4, -0.2) is 46.9 Å². The van der Waals surface area contributed by atoms with Crippen LogP contribution in [0.1, 0.15) is 271 Å². The number of esters is 1. The molecule has 0 aromatic heterocycles. The van der Waals surface area contributed by atoms with Crippen molar-refractivity contribution in [3.63, 3.8) is 0 Å². The second-order valence-corrected chi connectivity index (χ2v) is 18.2. The number of hydrogen-bond acceptors (Lipinski definition) is 5. The molecule has 0 radical (unpaired) electrons. The summed E-state index contributed by atoms with van der Waals surface area (Å²) in [4.78, 5) is 26.2. The molecule has 0 aliphatic heterocycles. The van der Waals surface area contributed by atoms with E-state index in [9.17, 15) is 19.8 Å². The van der Waals surface area contributed by atoms with E-state index in [4.69, 9.17) is 4.74 Å². The number of ether oxygens (including phenoxy) is 1. The van der Waals surface area contributed by atoms with Gasteiger partial charge in [0.2, 0.25) is 5.91 Å². The summed E-state index contributed by atoms with van der Waals surface area (Å²) >= 11 is 0. The average molecular weight is 870 g/mol. The number of carbonyl (C=O) groups is 2. The first-order valence-corrected chi connectivity index (χ1v) is 26.9. The molecule has 0 fully saturated rings. The Morgan fingerprint density at radius 2 is 0.871 bits per heavy atom. The highest BCUT2D eigenvalue weighted by Crippen LogP contribution is 2.18. The molecule has 3 unspecified atom stereocenters. The minimum Gasteiger partial charge on any atom is -0.462 e. The van der Waals surface area contributed by atoms with Crippen molar-refractivity contribution in [1.29, 1.82) is 0 Å². The summed E-state index contributed by atoms with van der Waals surface area (Å²) in [5, 5.41) is 23.8. The molecule has 0 saturated heterocycles. The van der Waals surface area contributed by atoms with Crippen molar-refractivity contribution in [2.75, 3.05) is 6.61 Å². The third-order valence-corrected chi connectivity index (χ3v) is 12.1. The van der Waals surface area contributed by atoms with Crippen LogP contribution in [0.4, 0.5) is 0 Å². The third-order valence-electron chi connectivity index (χ3n) is 12.1. The highest BCUT2D eigenvalue weighted by molar-refractivity contribution is 5.77. The Labute approximate surface area is 385 Å². The van der Waals surface area contributed by atoms with Gasteiger partial charge in [-0.05, 0) is 83.5 Å². The minimum atomic E-state index is -0.795. The lowest BCUT2D eigenvalue weighted by atomic mass is 10.0. The van der Waals surface area contributed by atoms with Crippen molar-refractivity contribution in [3.8, 4) is 0 Å². The normalized spacial score (nSPS) is 13.6. The average Bonchev–Trinajstić information content (AvgIpc) is 3.26. The highest BCUT2D eigenvalue weighted by Gasteiger charge is 2.24. The zero-order valence-corrected chi connectivity index (χ0v) is 41.3. The largest absolute Gasteiger partial charge is 0.462 e. The van der Waals surface area contributed by atoms with Gasteiger partial charge in [-0.25, -0.2) is 0 Å². The fraction of sp³-hybridized carbons (Fsp3) is 0.821. The molecule has 3 atom stereocenters. The van der Waals surface area contributed by atoms with Crippen molar-refractivity contribution in [3.05, 3.63) is 48.6 Å². The fourth-order valence-electron chi connectivity index (χ4n) is 8.09. The van der Waals surface area contributed by atoms with Gasteiger partial charge in [0.15, 0.2) is 0 Å². The van der Waals surface area contributed by atoms with E-state index in [1.807, 2.05) is 0 Å². The maximum Gasteiger partial charge on any atom is 0.306 e. The number of rotatable bonds is 48. The molecule has 6 heteroatoms. The maximum absolute atomic E-state index is 13.2.